The summed E-state index contributed by atoms with van der Waals surface area (Å²) >= 11 is 0. The van der Waals surface area contributed by atoms with E-state index >= 15 is 0 Å². The number of hydrogen-bond donors (Lipinski definition) is 0. The number of hydrogen-bond acceptors (Lipinski definition) is 1. The Labute approximate surface area is 96.3 Å². The van der Waals surface area contributed by atoms with Gasteiger partial charge in [-0.05, 0) is 11.1 Å². The maximum Gasteiger partial charge on any atom is 0.0479 e. The Bertz CT molecular complexity index is 449. The van der Waals surface area contributed by atoms with Crippen molar-refractivity contribution in [3.8, 4) is 0 Å². The second-order valence-corrected chi connectivity index (χ2v) is 4.34. The summed E-state index contributed by atoms with van der Waals surface area (Å²) in [6.07, 6.45) is 0. The molecular formula is C15H15N. The summed E-state index contributed by atoms with van der Waals surface area (Å²) in [6, 6.07) is 22.1. The predicted molar refractivity (Wildman–Crippen MR) is 66.0 cm³/mol. The van der Waals surface area contributed by atoms with E-state index in [9.17, 15) is 0 Å². The van der Waals surface area contributed by atoms with Gasteiger partial charge in [-0.3, -0.25) is 4.90 Å². The first kappa shape index (κ1) is 9.61. The summed E-state index contributed by atoms with van der Waals surface area (Å²) in [5, 5.41) is 0. The van der Waals surface area contributed by atoms with Crippen LogP contribution in [0.3, 0.4) is 0 Å². The van der Waals surface area contributed by atoms with Crippen molar-refractivity contribution < 1.29 is 0 Å². The summed E-state index contributed by atoms with van der Waals surface area (Å²) in [5.41, 5.74) is 2.85. The molecule has 2 atom stereocenters. The van der Waals surface area contributed by atoms with Crippen LogP contribution in [0.4, 0.5) is 0 Å². The fourth-order valence-electron chi connectivity index (χ4n) is 2.16. The topological polar surface area (TPSA) is 3.01 Å². The first-order valence-corrected chi connectivity index (χ1v) is 5.76. The van der Waals surface area contributed by atoms with Gasteiger partial charge in [0, 0.05) is 19.1 Å². The van der Waals surface area contributed by atoms with Gasteiger partial charge in [-0.1, -0.05) is 60.7 Å². The van der Waals surface area contributed by atoms with Gasteiger partial charge < -0.3 is 0 Å². The highest BCUT2D eigenvalue weighted by molar-refractivity contribution is 5.25. The molecule has 16 heavy (non-hydrogen) atoms. The second-order valence-electron chi connectivity index (χ2n) is 4.34. The van der Waals surface area contributed by atoms with Crippen LogP contribution in [0.5, 0.6) is 0 Å². The molecule has 0 amide bonds. The SMILES string of the molecule is c1ccc(CN2CC2c2ccccc2)cc1. The lowest BCUT2D eigenvalue weighted by atomic mass is 10.1. The predicted octanol–water partition coefficient (Wildman–Crippen LogP) is 3.24. The smallest absolute Gasteiger partial charge is 0.0479 e. The van der Waals surface area contributed by atoms with Crippen molar-refractivity contribution >= 4 is 0 Å². The van der Waals surface area contributed by atoms with E-state index in [2.05, 4.69) is 65.6 Å². The molecule has 0 saturated carbocycles. The average Bonchev–Trinajstić information content (AvgIpc) is 3.11. The fourth-order valence-corrected chi connectivity index (χ4v) is 2.16. The lowest BCUT2D eigenvalue weighted by molar-refractivity contribution is 0.509. The first-order valence-electron chi connectivity index (χ1n) is 5.76. The molecule has 3 rings (SSSR count). The van der Waals surface area contributed by atoms with Crippen LogP contribution in [0.2, 0.25) is 0 Å². The minimum Gasteiger partial charge on any atom is -0.289 e. The molecule has 1 aliphatic heterocycles. The number of benzene rings is 2. The van der Waals surface area contributed by atoms with E-state index in [-0.39, 0.29) is 0 Å². The minimum atomic E-state index is 0.640. The van der Waals surface area contributed by atoms with Crippen molar-refractivity contribution in [2.45, 2.75) is 12.6 Å². The molecular weight excluding hydrogens is 194 g/mol. The van der Waals surface area contributed by atoms with Crippen molar-refractivity contribution in [3.05, 3.63) is 71.8 Å². The third kappa shape index (κ3) is 2.00. The molecule has 1 saturated heterocycles. The Morgan fingerprint density at radius 3 is 2.19 bits per heavy atom. The molecule has 1 fully saturated rings. The van der Waals surface area contributed by atoms with Gasteiger partial charge in [-0.15, -0.1) is 0 Å². The third-order valence-corrected chi connectivity index (χ3v) is 3.13. The van der Waals surface area contributed by atoms with Crippen LogP contribution in [0.25, 0.3) is 0 Å². The van der Waals surface area contributed by atoms with Gasteiger partial charge in [0.15, 0.2) is 0 Å². The Balaban J connectivity index is 1.65. The molecule has 1 heterocycles. The molecule has 0 spiro atoms. The summed E-state index contributed by atoms with van der Waals surface area (Å²) in [4.78, 5) is 2.49. The molecule has 2 aromatic carbocycles. The summed E-state index contributed by atoms with van der Waals surface area (Å²) in [7, 11) is 0. The Hall–Kier alpha value is -1.60. The van der Waals surface area contributed by atoms with Crippen LogP contribution in [0.1, 0.15) is 17.2 Å². The Morgan fingerprint density at radius 2 is 1.50 bits per heavy atom. The molecule has 0 bridgehead atoms. The average molecular weight is 209 g/mol. The molecule has 80 valence electrons. The van der Waals surface area contributed by atoms with Crippen LogP contribution in [0.15, 0.2) is 60.7 Å². The molecule has 0 radical (unpaired) electrons. The van der Waals surface area contributed by atoms with Gasteiger partial charge in [0.1, 0.15) is 0 Å². The van der Waals surface area contributed by atoms with Crippen LogP contribution in [-0.4, -0.2) is 11.4 Å². The molecule has 1 nitrogen and oxygen atoms in total. The molecule has 1 aliphatic rings. The summed E-state index contributed by atoms with van der Waals surface area (Å²) in [6.45, 7) is 2.26. The van der Waals surface area contributed by atoms with Gasteiger partial charge in [0.25, 0.3) is 0 Å². The lowest BCUT2D eigenvalue weighted by Gasteiger charge is -2.03. The number of rotatable bonds is 3. The molecule has 0 aliphatic carbocycles. The van der Waals surface area contributed by atoms with Crippen molar-refractivity contribution in [2.24, 2.45) is 0 Å². The summed E-state index contributed by atoms with van der Waals surface area (Å²) < 4.78 is 0. The minimum absolute atomic E-state index is 0.640. The van der Waals surface area contributed by atoms with Crippen LogP contribution in [-0.2, 0) is 6.54 Å². The Morgan fingerprint density at radius 1 is 0.875 bits per heavy atom. The van der Waals surface area contributed by atoms with E-state index in [0.29, 0.717) is 6.04 Å². The van der Waals surface area contributed by atoms with Crippen molar-refractivity contribution in [1.82, 2.24) is 4.90 Å². The zero-order chi connectivity index (χ0) is 10.8. The van der Waals surface area contributed by atoms with Gasteiger partial charge in [0.2, 0.25) is 0 Å². The first-order chi connectivity index (χ1) is 7.93. The van der Waals surface area contributed by atoms with Gasteiger partial charge in [-0.25, -0.2) is 0 Å². The molecule has 1 heteroatoms. The van der Waals surface area contributed by atoms with Crippen molar-refractivity contribution in [3.63, 3.8) is 0 Å². The van der Waals surface area contributed by atoms with E-state index in [4.69, 9.17) is 0 Å². The lowest BCUT2D eigenvalue weighted by Crippen LogP contribution is -1.98. The second kappa shape index (κ2) is 4.11. The van der Waals surface area contributed by atoms with E-state index in [1.54, 1.807) is 0 Å². The standard InChI is InChI=1S/C15H15N/c1-3-7-13(8-4-1)11-16-12-15(16)14-9-5-2-6-10-14/h1-10,15H,11-12H2. The van der Waals surface area contributed by atoms with Gasteiger partial charge >= 0.3 is 0 Å². The maximum atomic E-state index is 2.49. The van der Waals surface area contributed by atoms with Gasteiger partial charge in [-0.2, -0.15) is 0 Å². The molecule has 0 aromatic heterocycles. The molecule has 2 unspecified atom stereocenters. The largest absolute Gasteiger partial charge is 0.289 e. The number of nitrogens with zero attached hydrogens (tertiary/aromatic N) is 1. The highest BCUT2D eigenvalue weighted by atomic mass is 15.3. The van der Waals surface area contributed by atoms with Gasteiger partial charge in [0.05, 0.1) is 0 Å². The summed E-state index contributed by atoms with van der Waals surface area (Å²) in [5.74, 6) is 0. The normalized spacial score (nSPS) is 23.0. The quantitative estimate of drug-likeness (QED) is 0.701. The van der Waals surface area contributed by atoms with Crippen molar-refractivity contribution in [1.29, 1.82) is 0 Å². The monoisotopic (exact) mass is 209 g/mol. The van der Waals surface area contributed by atoms with E-state index < -0.39 is 0 Å². The van der Waals surface area contributed by atoms with Crippen molar-refractivity contribution in [2.75, 3.05) is 6.54 Å². The van der Waals surface area contributed by atoms with E-state index in [0.717, 1.165) is 6.54 Å². The van der Waals surface area contributed by atoms with E-state index in [1.807, 2.05) is 0 Å². The van der Waals surface area contributed by atoms with Crippen LogP contribution in [0, 0.1) is 0 Å². The third-order valence-electron chi connectivity index (χ3n) is 3.13. The highest BCUT2D eigenvalue weighted by Crippen LogP contribution is 2.35. The fraction of sp³-hybridized carbons (Fsp3) is 0.200. The maximum absolute atomic E-state index is 2.49. The van der Waals surface area contributed by atoms with Crippen LogP contribution >= 0.6 is 0 Å². The Kier molecular flexibility index (Phi) is 2.47. The van der Waals surface area contributed by atoms with E-state index in [1.165, 1.54) is 17.7 Å². The highest BCUT2D eigenvalue weighted by Gasteiger charge is 2.34. The molecule has 2 aromatic rings. The zero-order valence-electron chi connectivity index (χ0n) is 9.21. The van der Waals surface area contributed by atoms with Crippen LogP contribution < -0.4 is 0 Å². The zero-order valence-corrected chi connectivity index (χ0v) is 9.21. The molecule has 0 N–H and O–H groups in total.